The summed E-state index contributed by atoms with van der Waals surface area (Å²) in [5, 5.41) is 28.1. The number of aromatic nitrogens is 3. The maximum atomic E-state index is 12.5. The second kappa shape index (κ2) is 11.7. The van der Waals surface area contributed by atoms with Crippen LogP contribution >= 0.6 is 0 Å². The number of carbonyl (C=O) groups is 1. The van der Waals surface area contributed by atoms with Gasteiger partial charge in [-0.1, -0.05) is 30.3 Å². The highest BCUT2D eigenvalue weighted by molar-refractivity contribution is 7.89. The maximum Gasteiger partial charge on any atom is 0.407 e. The number of sulfonamides is 1. The fourth-order valence-electron chi connectivity index (χ4n) is 5.10. The standard InChI is InChI=1S/C29H31N7O5S/c1-34(2)42(39,40)23-10-8-22(9-11-23)32-26-25-24(12-17-31-27(25)41-20-21-6-4-3-5-7-21)36(33-26)29(13-16-30)14-18-35(19-15-29)28(37)38/h3-12,17H,13-15,18-20H2,1-2H3,(H,32,33)(H,37,38). The van der Waals surface area contributed by atoms with Crippen LogP contribution in [-0.2, 0) is 22.2 Å². The van der Waals surface area contributed by atoms with E-state index in [4.69, 9.17) is 9.84 Å². The number of benzene rings is 2. The Kier molecular flexibility index (Phi) is 8.02. The number of nitriles is 1. The molecule has 1 fully saturated rings. The molecule has 1 amide bonds. The van der Waals surface area contributed by atoms with Gasteiger partial charge < -0.3 is 20.1 Å². The third kappa shape index (κ3) is 5.59. The molecule has 1 saturated heterocycles. The van der Waals surface area contributed by atoms with E-state index in [0.29, 0.717) is 41.1 Å². The molecule has 12 nitrogen and oxygen atoms in total. The van der Waals surface area contributed by atoms with Crippen LogP contribution in [0.5, 0.6) is 5.88 Å². The van der Waals surface area contributed by atoms with Crippen molar-refractivity contribution < 1.29 is 23.1 Å². The van der Waals surface area contributed by atoms with Crippen molar-refractivity contribution in [2.75, 3.05) is 32.5 Å². The summed E-state index contributed by atoms with van der Waals surface area (Å²) in [6.45, 7) is 0.808. The number of ether oxygens (including phenoxy) is 1. The largest absolute Gasteiger partial charge is 0.472 e. The van der Waals surface area contributed by atoms with Gasteiger partial charge in [-0.3, -0.25) is 4.68 Å². The maximum absolute atomic E-state index is 12.5. The molecule has 42 heavy (non-hydrogen) atoms. The van der Waals surface area contributed by atoms with Crippen molar-refractivity contribution in [2.45, 2.75) is 36.3 Å². The van der Waals surface area contributed by atoms with E-state index in [1.165, 1.54) is 31.1 Å². The summed E-state index contributed by atoms with van der Waals surface area (Å²) in [5.41, 5.74) is 1.48. The van der Waals surface area contributed by atoms with E-state index in [1.54, 1.807) is 29.1 Å². The number of likely N-dealkylation sites (tertiary alicyclic amines) is 1. The minimum absolute atomic E-state index is 0.135. The van der Waals surface area contributed by atoms with E-state index < -0.39 is 21.7 Å². The molecule has 0 atom stereocenters. The lowest BCUT2D eigenvalue weighted by atomic mass is 9.85. The number of anilines is 2. The van der Waals surface area contributed by atoms with Crippen LogP contribution in [-0.4, -0.2) is 70.8 Å². The summed E-state index contributed by atoms with van der Waals surface area (Å²) in [6.07, 6.45) is 1.58. The Morgan fingerprint density at radius 1 is 1.12 bits per heavy atom. The van der Waals surface area contributed by atoms with Crippen molar-refractivity contribution >= 4 is 38.5 Å². The molecule has 13 heteroatoms. The third-order valence-corrected chi connectivity index (χ3v) is 9.32. The molecule has 4 aromatic rings. The minimum atomic E-state index is -3.60. The van der Waals surface area contributed by atoms with Gasteiger partial charge in [-0.15, -0.1) is 0 Å². The third-order valence-electron chi connectivity index (χ3n) is 7.50. The highest BCUT2D eigenvalue weighted by atomic mass is 32.2. The van der Waals surface area contributed by atoms with Gasteiger partial charge in [0.15, 0.2) is 5.82 Å². The summed E-state index contributed by atoms with van der Waals surface area (Å²) < 4.78 is 34.2. The number of hydrogen-bond donors (Lipinski definition) is 2. The SMILES string of the molecule is CN(C)S(=O)(=O)c1ccc(Nc2nn(C3(CC#N)CCN(C(=O)O)CC3)c3ccnc(OCc4ccccc4)c23)cc1. The molecule has 0 spiro atoms. The van der Waals surface area contributed by atoms with Gasteiger partial charge in [0, 0.05) is 39.1 Å². The highest BCUT2D eigenvalue weighted by Crippen LogP contribution is 2.40. The van der Waals surface area contributed by atoms with Crippen molar-refractivity contribution in [3.8, 4) is 11.9 Å². The Morgan fingerprint density at radius 2 is 1.81 bits per heavy atom. The molecule has 1 aliphatic rings. The molecule has 5 rings (SSSR count). The first-order valence-corrected chi connectivity index (χ1v) is 14.8. The number of nitrogens with one attached hydrogen (secondary N) is 1. The molecule has 0 bridgehead atoms. The first-order chi connectivity index (χ1) is 20.1. The first kappa shape index (κ1) is 28.8. The molecule has 2 N–H and O–H groups in total. The van der Waals surface area contributed by atoms with Gasteiger partial charge in [0.2, 0.25) is 15.9 Å². The van der Waals surface area contributed by atoms with Crippen LogP contribution in [0.3, 0.4) is 0 Å². The Labute approximate surface area is 243 Å². The van der Waals surface area contributed by atoms with E-state index >= 15 is 0 Å². The molecule has 0 aliphatic carbocycles. The average molecular weight is 590 g/mol. The van der Waals surface area contributed by atoms with Crippen LogP contribution in [0.1, 0.15) is 24.8 Å². The second-order valence-electron chi connectivity index (χ2n) is 10.3. The Hall–Kier alpha value is -4.67. The fourth-order valence-corrected chi connectivity index (χ4v) is 6.00. The van der Waals surface area contributed by atoms with E-state index in [9.17, 15) is 23.6 Å². The van der Waals surface area contributed by atoms with Crippen molar-refractivity contribution in [3.63, 3.8) is 0 Å². The highest BCUT2D eigenvalue weighted by Gasteiger charge is 2.40. The zero-order chi connectivity index (χ0) is 29.9. The van der Waals surface area contributed by atoms with Gasteiger partial charge in [0.25, 0.3) is 0 Å². The van der Waals surface area contributed by atoms with Crippen LogP contribution in [0.2, 0.25) is 0 Å². The zero-order valence-electron chi connectivity index (χ0n) is 23.3. The number of rotatable bonds is 9. The van der Waals surface area contributed by atoms with Crippen LogP contribution < -0.4 is 10.1 Å². The quantitative estimate of drug-likeness (QED) is 0.289. The van der Waals surface area contributed by atoms with Gasteiger partial charge in [0.1, 0.15) is 12.0 Å². The van der Waals surface area contributed by atoms with E-state index in [1.807, 2.05) is 30.3 Å². The van der Waals surface area contributed by atoms with E-state index in [2.05, 4.69) is 16.4 Å². The number of hydrogen-bond acceptors (Lipinski definition) is 8. The Bertz CT molecular complexity index is 1720. The van der Waals surface area contributed by atoms with E-state index in [0.717, 1.165) is 9.87 Å². The number of nitrogens with zero attached hydrogens (tertiary/aromatic N) is 6. The predicted molar refractivity (Wildman–Crippen MR) is 156 cm³/mol. The molecule has 1 aliphatic heterocycles. The lowest BCUT2D eigenvalue weighted by Crippen LogP contribution is -2.48. The summed E-state index contributed by atoms with van der Waals surface area (Å²) in [4.78, 5) is 17.6. The van der Waals surface area contributed by atoms with Crippen molar-refractivity contribution in [1.29, 1.82) is 5.26 Å². The smallest absolute Gasteiger partial charge is 0.407 e. The normalized spacial score (nSPS) is 15.0. The number of pyridine rings is 1. The van der Waals surface area contributed by atoms with E-state index in [-0.39, 0.29) is 31.0 Å². The second-order valence-corrected chi connectivity index (χ2v) is 12.5. The molecular formula is C29H31N7O5S. The molecular weight excluding hydrogens is 558 g/mol. The van der Waals surface area contributed by atoms with Crippen molar-refractivity contribution in [3.05, 3.63) is 72.4 Å². The summed E-state index contributed by atoms with van der Waals surface area (Å²) in [7, 11) is -0.649. The number of piperidine rings is 1. The summed E-state index contributed by atoms with van der Waals surface area (Å²) in [6, 6.07) is 20.1. The lowest BCUT2D eigenvalue weighted by molar-refractivity contribution is 0.0912. The van der Waals surface area contributed by atoms with Gasteiger partial charge >= 0.3 is 6.09 Å². The summed E-state index contributed by atoms with van der Waals surface area (Å²) in [5.74, 6) is 0.759. The van der Waals surface area contributed by atoms with Gasteiger partial charge in [-0.2, -0.15) is 10.4 Å². The van der Waals surface area contributed by atoms with Gasteiger partial charge in [-0.25, -0.2) is 22.5 Å². The predicted octanol–water partition coefficient (Wildman–Crippen LogP) is 4.39. The van der Waals surface area contributed by atoms with Gasteiger partial charge in [0.05, 0.1) is 28.4 Å². The molecule has 3 heterocycles. The van der Waals surface area contributed by atoms with Crippen LogP contribution in [0.25, 0.3) is 10.9 Å². The molecule has 0 saturated carbocycles. The van der Waals surface area contributed by atoms with Crippen molar-refractivity contribution in [2.24, 2.45) is 0 Å². The fraction of sp³-hybridized carbons (Fsp3) is 0.310. The summed E-state index contributed by atoms with van der Waals surface area (Å²) >= 11 is 0. The molecule has 0 unspecified atom stereocenters. The van der Waals surface area contributed by atoms with Gasteiger partial charge in [-0.05, 0) is 48.7 Å². The molecule has 2 aromatic carbocycles. The Morgan fingerprint density at radius 3 is 2.43 bits per heavy atom. The van der Waals surface area contributed by atoms with Crippen LogP contribution in [0.15, 0.2) is 71.8 Å². The monoisotopic (exact) mass is 589 g/mol. The minimum Gasteiger partial charge on any atom is -0.472 e. The number of carboxylic acid groups (broad SMARTS) is 1. The first-order valence-electron chi connectivity index (χ1n) is 13.3. The topological polar surface area (TPSA) is 154 Å². The Balaban J connectivity index is 1.58. The van der Waals surface area contributed by atoms with Crippen molar-refractivity contribution in [1.82, 2.24) is 24.0 Å². The lowest BCUT2D eigenvalue weighted by Gasteiger charge is -2.40. The zero-order valence-corrected chi connectivity index (χ0v) is 24.1. The number of fused-ring (bicyclic) bond motifs is 1. The number of amides is 1. The van der Waals surface area contributed by atoms with Crippen LogP contribution in [0.4, 0.5) is 16.3 Å². The van der Waals surface area contributed by atoms with Crippen LogP contribution in [0, 0.1) is 11.3 Å². The molecule has 218 valence electrons. The average Bonchev–Trinajstić information content (AvgIpc) is 3.36. The molecule has 2 aromatic heterocycles. The molecule has 0 radical (unpaired) electrons.